The minimum absolute atomic E-state index is 0.0524. The fourth-order valence-electron chi connectivity index (χ4n) is 1.77. The van der Waals surface area contributed by atoms with Crippen molar-refractivity contribution >= 4 is 23.2 Å². The molecule has 2 rings (SSSR count). The second-order valence-corrected chi connectivity index (χ2v) is 3.93. The van der Waals surface area contributed by atoms with E-state index < -0.39 is 0 Å². The Morgan fingerprint density at radius 2 is 1.94 bits per heavy atom. The van der Waals surface area contributed by atoms with E-state index in [4.69, 9.17) is 16.3 Å². The second kappa shape index (κ2) is 3.76. The van der Waals surface area contributed by atoms with Gasteiger partial charge in [0.25, 0.3) is 0 Å². The van der Waals surface area contributed by atoms with Crippen molar-refractivity contribution < 1.29 is 14.3 Å². The van der Waals surface area contributed by atoms with E-state index in [2.05, 4.69) is 0 Å². The fraction of sp³-hybridized carbons (Fsp3) is 0.167. The van der Waals surface area contributed by atoms with Gasteiger partial charge >= 0.3 is 0 Å². The Labute approximate surface area is 97.7 Å². The third kappa shape index (κ3) is 1.44. The molecule has 0 atom stereocenters. The third-order valence-electron chi connectivity index (χ3n) is 2.52. The molecule has 0 amide bonds. The Hall–Kier alpha value is -1.61. The number of Topliss-reactive ketones (excluding diaryl/α,β-unsaturated/α-hetero) is 1. The van der Waals surface area contributed by atoms with E-state index in [0.29, 0.717) is 16.9 Å². The summed E-state index contributed by atoms with van der Waals surface area (Å²) >= 11 is 5.67. The molecule has 0 N–H and O–H groups in total. The van der Waals surface area contributed by atoms with Crippen molar-refractivity contribution in [1.82, 2.24) is 0 Å². The maximum absolute atomic E-state index is 11.8. The quantitative estimate of drug-likeness (QED) is 0.753. The molecule has 0 radical (unpaired) electrons. The Morgan fingerprint density at radius 1 is 1.25 bits per heavy atom. The molecular weight excluding hydrogens is 228 g/mol. The average molecular weight is 237 g/mol. The van der Waals surface area contributed by atoms with Gasteiger partial charge in [-0.25, -0.2) is 0 Å². The zero-order chi connectivity index (χ0) is 11.9. The molecular formula is C12H9ClO3. The predicted octanol–water partition coefficient (Wildman–Crippen LogP) is 2.51. The lowest BCUT2D eigenvalue weighted by molar-refractivity contribution is 0.0988. The molecule has 16 heavy (non-hydrogen) atoms. The van der Waals surface area contributed by atoms with Crippen LogP contribution in [0, 0.1) is 6.92 Å². The molecule has 0 unspecified atom stereocenters. The molecule has 1 aliphatic rings. The van der Waals surface area contributed by atoms with Gasteiger partial charge in [0.15, 0.2) is 5.78 Å². The zero-order valence-corrected chi connectivity index (χ0v) is 9.59. The lowest BCUT2D eigenvalue weighted by Crippen LogP contribution is -2.16. The number of allylic oxidation sites excluding steroid dienone is 2. The van der Waals surface area contributed by atoms with Crippen LogP contribution in [0.5, 0.6) is 5.75 Å². The van der Waals surface area contributed by atoms with Gasteiger partial charge in [-0.05, 0) is 18.6 Å². The number of halogens is 1. The lowest BCUT2D eigenvalue weighted by atomic mass is 9.92. The van der Waals surface area contributed by atoms with Crippen molar-refractivity contribution in [3.63, 3.8) is 0 Å². The van der Waals surface area contributed by atoms with Crippen LogP contribution >= 0.6 is 11.6 Å². The van der Waals surface area contributed by atoms with Crippen molar-refractivity contribution in [1.29, 1.82) is 0 Å². The molecule has 0 heterocycles. The van der Waals surface area contributed by atoms with Crippen molar-refractivity contribution in [2.45, 2.75) is 6.92 Å². The van der Waals surface area contributed by atoms with E-state index in [-0.39, 0.29) is 16.6 Å². The Kier molecular flexibility index (Phi) is 2.56. The average Bonchev–Trinajstić information content (AvgIpc) is 2.25. The standard InChI is InChI=1S/C12H9ClO3/c1-6-3-4-7-10(12(6)16-2)9(14)5-8(13)11(7)15/h3-5H,1-2H3. The van der Waals surface area contributed by atoms with Gasteiger partial charge in [-0.1, -0.05) is 17.7 Å². The maximum atomic E-state index is 11.8. The number of aryl methyl sites for hydroxylation is 1. The molecule has 4 heteroatoms. The van der Waals surface area contributed by atoms with Gasteiger partial charge in [0.1, 0.15) is 5.75 Å². The van der Waals surface area contributed by atoms with Crippen LogP contribution in [0.25, 0.3) is 0 Å². The van der Waals surface area contributed by atoms with Gasteiger partial charge in [-0.3, -0.25) is 9.59 Å². The first kappa shape index (κ1) is 10.9. The number of rotatable bonds is 1. The fourth-order valence-corrected chi connectivity index (χ4v) is 1.97. The van der Waals surface area contributed by atoms with E-state index in [9.17, 15) is 9.59 Å². The summed E-state index contributed by atoms with van der Waals surface area (Å²) < 4.78 is 5.15. The number of hydrogen-bond acceptors (Lipinski definition) is 3. The zero-order valence-electron chi connectivity index (χ0n) is 8.83. The summed E-state index contributed by atoms with van der Waals surface area (Å²) in [7, 11) is 1.47. The van der Waals surface area contributed by atoms with E-state index >= 15 is 0 Å². The minimum atomic E-state index is -0.338. The smallest absolute Gasteiger partial charge is 0.205 e. The topological polar surface area (TPSA) is 43.4 Å². The van der Waals surface area contributed by atoms with E-state index in [0.717, 1.165) is 11.6 Å². The number of ether oxygens (including phenoxy) is 1. The highest BCUT2D eigenvalue weighted by atomic mass is 35.5. The van der Waals surface area contributed by atoms with Crippen LogP contribution in [0.15, 0.2) is 23.2 Å². The van der Waals surface area contributed by atoms with Crippen LogP contribution in [0.3, 0.4) is 0 Å². The highest BCUT2D eigenvalue weighted by Crippen LogP contribution is 2.32. The van der Waals surface area contributed by atoms with Crippen molar-refractivity contribution in [2.24, 2.45) is 0 Å². The summed E-state index contributed by atoms with van der Waals surface area (Å²) in [6.07, 6.45) is 1.13. The summed E-state index contributed by atoms with van der Waals surface area (Å²) in [5.41, 5.74) is 1.42. The van der Waals surface area contributed by atoms with Gasteiger partial charge in [-0.15, -0.1) is 0 Å². The summed E-state index contributed by atoms with van der Waals surface area (Å²) in [6, 6.07) is 3.33. The summed E-state index contributed by atoms with van der Waals surface area (Å²) in [5.74, 6) is -0.189. The van der Waals surface area contributed by atoms with Crippen LogP contribution in [0.1, 0.15) is 26.3 Å². The first-order valence-electron chi connectivity index (χ1n) is 4.70. The van der Waals surface area contributed by atoms with Gasteiger partial charge in [-0.2, -0.15) is 0 Å². The van der Waals surface area contributed by atoms with Crippen molar-refractivity contribution in [3.8, 4) is 5.75 Å². The van der Waals surface area contributed by atoms with Gasteiger partial charge in [0, 0.05) is 11.6 Å². The number of carbonyl (C=O) groups is 2. The number of hydrogen-bond donors (Lipinski definition) is 0. The van der Waals surface area contributed by atoms with Crippen LogP contribution in [-0.2, 0) is 0 Å². The maximum Gasteiger partial charge on any atom is 0.205 e. The number of ketones is 2. The normalized spacial score (nSPS) is 14.6. The molecule has 1 aromatic rings. The lowest BCUT2D eigenvalue weighted by Gasteiger charge is -2.16. The van der Waals surface area contributed by atoms with Gasteiger partial charge in [0.2, 0.25) is 5.78 Å². The number of carbonyl (C=O) groups excluding carboxylic acids is 2. The molecule has 3 nitrogen and oxygen atoms in total. The Balaban J connectivity index is 2.77. The SMILES string of the molecule is COc1c(C)ccc2c1C(=O)C=C(Cl)C2=O. The molecule has 0 fully saturated rings. The highest BCUT2D eigenvalue weighted by Gasteiger charge is 2.28. The van der Waals surface area contributed by atoms with Crippen LogP contribution in [-0.4, -0.2) is 18.7 Å². The highest BCUT2D eigenvalue weighted by molar-refractivity contribution is 6.49. The third-order valence-corrected chi connectivity index (χ3v) is 2.81. The van der Waals surface area contributed by atoms with E-state index in [1.807, 2.05) is 6.92 Å². The number of methoxy groups -OCH3 is 1. The number of fused-ring (bicyclic) bond motifs is 1. The van der Waals surface area contributed by atoms with Crippen molar-refractivity contribution in [3.05, 3.63) is 39.9 Å². The van der Waals surface area contributed by atoms with Gasteiger partial charge < -0.3 is 4.74 Å². The molecule has 1 aliphatic carbocycles. The molecule has 0 bridgehead atoms. The Bertz CT molecular complexity index is 529. The van der Waals surface area contributed by atoms with Crippen LogP contribution in [0.2, 0.25) is 0 Å². The predicted molar refractivity (Wildman–Crippen MR) is 60.3 cm³/mol. The minimum Gasteiger partial charge on any atom is -0.496 e. The molecule has 0 saturated carbocycles. The first-order valence-corrected chi connectivity index (χ1v) is 5.08. The largest absolute Gasteiger partial charge is 0.496 e. The summed E-state index contributed by atoms with van der Waals surface area (Å²) in [4.78, 5) is 23.5. The van der Waals surface area contributed by atoms with Gasteiger partial charge in [0.05, 0.1) is 17.7 Å². The molecule has 0 saturated heterocycles. The summed E-state index contributed by atoms with van der Waals surface area (Å²) in [6.45, 7) is 1.82. The molecule has 82 valence electrons. The Morgan fingerprint density at radius 3 is 2.56 bits per heavy atom. The molecule has 1 aromatic carbocycles. The first-order chi connectivity index (χ1) is 7.56. The molecule has 0 aliphatic heterocycles. The van der Waals surface area contributed by atoms with E-state index in [1.54, 1.807) is 12.1 Å². The van der Waals surface area contributed by atoms with E-state index in [1.165, 1.54) is 7.11 Å². The van der Waals surface area contributed by atoms with Crippen LogP contribution < -0.4 is 4.74 Å². The number of benzene rings is 1. The van der Waals surface area contributed by atoms with Crippen molar-refractivity contribution in [2.75, 3.05) is 7.11 Å². The molecule has 0 aromatic heterocycles. The monoisotopic (exact) mass is 236 g/mol. The summed E-state index contributed by atoms with van der Waals surface area (Å²) in [5, 5.41) is -0.0524. The second-order valence-electron chi connectivity index (χ2n) is 3.52. The molecule has 0 spiro atoms. The van der Waals surface area contributed by atoms with Crippen LogP contribution in [0.4, 0.5) is 0 Å².